The number of H-pyrrole nitrogens is 1. The minimum absolute atomic E-state index is 0.272. The van der Waals surface area contributed by atoms with Gasteiger partial charge >= 0.3 is 0 Å². The van der Waals surface area contributed by atoms with Crippen LogP contribution in [0.15, 0.2) is 53.6 Å². The van der Waals surface area contributed by atoms with Crippen molar-refractivity contribution < 1.29 is 19.0 Å². The van der Waals surface area contributed by atoms with Crippen molar-refractivity contribution in [2.24, 2.45) is 5.10 Å². The second-order valence-electron chi connectivity index (χ2n) is 5.93. The van der Waals surface area contributed by atoms with Gasteiger partial charge in [-0.25, -0.2) is 5.43 Å². The third-order valence-corrected chi connectivity index (χ3v) is 4.08. The van der Waals surface area contributed by atoms with Gasteiger partial charge < -0.3 is 14.2 Å². The summed E-state index contributed by atoms with van der Waals surface area (Å²) < 4.78 is 16.0. The van der Waals surface area contributed by atoms with Gasteiger partial charge in [-0.2, -0.15) is 10.2 Å². The average molecular weight is 394 g/mol. The number of hydrazone groups is 1. The number of amides is 1. The molecular formula is C21H22N4O4. The molecule has 3 rings (SSSR count). The summed E-state index contributed by atoms with van der Waals surface area (Å²) in [4.78, 5) is 12.3. The lowest BCUT2D eigenvalue weighted by atomic mass is 10.1. The van der Waals surface area contributed by atoms with Crippen molar-refractivity contribution >= 4 is 12.1 Å². The topological polar surface area (TPSA) is 97.8 Å². The van der Waals surface area contributed by atoms with Crippen LogP contribution < -0.4 is 19.6 Å². The van der Waals surface area contributed by atoms with Crippen LogP contribution in [-0.4, -0.2) is 43.1 Å². The predicted molar refractivity (Wildman–Crippen MR) is 110 cm³/mol. The molecule has 8 heteroatoms. The Morgan fingerprint density at radius 2 is 1.86 bits per heavy atom. The molecule has 1 amide bonds. The molecule has 29 heavy (non-hydrogen) atoms. The second kappa shape index (κ2) is 9.41. The van der Waals surface area contributed by atoms with Crippen LogP contribution in [0.5, 0.6) is 17.2 Å². The van der Waals surface area contributed by atoms with Gasteiger partial charge in [0.25, 0.3) is 5.91 Å². The Morgan fingerprint density at radius 1 is 1.10 bits per heavy atom. The highest BCUT2D eigenvalue weighted by Crippen LogP contribution is 2.32. The Hall–Kier alpha value is -3.81. The summed E-state index contributed by atoms with van der Waals surface area (Å²) in [6.45, 7) is 2.54. The number of ether oxygens (including phenoxy) is 3. The summed E-state index contributed by atoms with van der Waals surface area (Å²) in [6.07, 6.45) is 1.55. The molecule has 1 aromatic heterocycles. The van der Waals surface area contributed by atoms with Crippen molar-refractivity contribution in [3.8, 4) is 28.5 Å². The van der Waals surface area contributed by atoms with Crippen LogP contribution in [0.25, 0.3) is 11.3 Å². The van der Waals surface area contributed by atoms with Crippen molar-refractivity contribution in [1.82, 2.24) is 15.6 Å². The zero-order valence-corrected chi connectivity index (χ0v) is 16.4. The first-order valence-electron chi connectivity index (χ1n) is 8.98. The minimum atomic E-state index is -0.409. The third kappa shape index (κ3) is 4.92. The van der Waals surface area contributed by atoms with Crippen molar-refractivity contribution in [2.75, 3.05) is 20.8 Å². The molecule has 0 atom stereocenters. The summed E-state index contributed by atoms with van der Waals surface area (Å²) in [5, 5.41) is 10.9. The van der Waals surface area contributed by atoms with E-state index in [0.29, 0.717) is 29.4 Å². The first-order chi connectivity index (χ1) is 14.1. The monoisotopic (exact) mass is 394 g/mol. The van der Waals surface area contributed by atoms with E-state index in [2.05, 4.69) is 20.7 Å². The number of benzene rings is 2. The molecule has 0 unspecified atom stereocenters. The zero-order chi connectivity index (χ0) is 20.6. The summed E-state index contributed by atoms with van der Waals surface area (Å²) >= 11 is 0. The molecule has 0 radical (unpaired) electrons. The lowest BCUT2D eigenvalue weighted by Crippen LogP contribution is -2.17. The van der Waals surface area contributed by atoms with Crippen molar-refractivity contribution in [2.45, 2.75) is 6.92 Å². The SMILES string of the molecule is CCOc1ccc(C=NNC(=O)c2cc(-c3cc(OC)ccc3OC)n[nH]2)cc1. The van der Waals surface area contributed by atoms with E-state index in [1.165, 1.54) is 0 Å². The fourth-order valence-electron chi connectivity index (χ4n) is 2.63. The van der Waals surface area contributed by atoms with E-state index in [4.69, 9.17) is 14.2 Å². The van der Waals surface area contributed by atoms with Crippen LogP contribution in [0.4, 0.5) is 0 Å². The highest BCUT2D eigenvalue weighted by atomic mass is 16.5. The Kier molecular flexibility index (Phi) is 6.47. The van der Waals surface area contributed by atoms with Gasteiger partial charge in [-0.1, -0.05) is 0 Å². The zero-order valence-electron chi connectivity index (χ0n) is 16.4. The third-order valence-electron chi connectivity index (χ3n) is 4.08. The molecular weight excluding hydrogens is 372 g/mol. The number of hydrogen-bond donors (Lipinski definition) is 2. The number of methoxy groups -OCH3 is 2. The van der Waals surface area contributed by atoms with E-state index < -0.39 is 5.91 Å². The molecule has 3 aromatic rings. The Morgan fingerprint density at radius 3 is 2.55 bits per heavy atom. The molecule has 1 heterocycles. The van der Waals surface area contributed by atoms with Gasteiger partial charge in [0, 0.05) is 5.56 Å². The molecule has 2 aromatic carbocycles. The fraction of sp³-hybridized carbons (Fsp3) is 0.190. The largest absolute Gasteiger partial charge is 0.497 e. The molecule has 150 valence electrons. The maximum atomic E-state index is 12.3. The molecule has 0 fully saturated rings. The number of nitrogens with one attached hydrogen (secondary N) is 2. The Bertz CT molecular complexity index is 996. The molecule has 0 aliphatic heterocycles. The minimum Gasteiger partial charge on any atom is -0.497 e. The molecule has 0 saturated carbocycles. The lowest BCUT2D eigenvalue weighted by Gasteiger charge is -2.08. The summed E-state index contributed by atoms with van der Waals surface area (Å²) in [6, 6.07) is 14.4. The molecule has 8 nitrogen and oxygen atoms in total. The van der Waals surface area contributed by atoms with Crippen LogP contribution in [-0.2, 0) is 0 Å². The maximum Gasteiger partial charge on any atom is 0.289 e. The van der Waals surface area contributed by atoms with Crippen LogP contribution in [0.1, 0.15) is 23.0 Å². The van der Waals surface area contributed by atoms with Crippen molar-refractivity contribution in [1.29, 1.82) is 0 Å². The highest BCUT2D eigenvalue weighted by Gasteiger charge is 2.14. The smallest absolute Gasteiger partial charge is 0.289 e. The molecule has 0 spiro atoms. The molecule has 2 N–H and O–H groups in total. The number of carbonyl (C=O) groups excluding carboxylic acids is 1. The first kappa shape index (κ1) is 19.9. The lowest BCUT2D eigenvalue weighted by molar-refractivity contribution is 0.0950. The van der Waals surface area contributed by atoms with E-state index in [1.807, 2.05) is 31.2 Å². The fourth-order valence-corrected chi connectivity index (χ4v) is 2.63. The molecule has 0 saturated heterocycles. The van der Waals surface area contributed by atoms with Crippen molar-refractivity contribution in [3.63, 3.8) is 0 Å². The summed E-state index contributed by atoms with van der Waals surface area (Å²) in [5.41, 5.74) is 4.85. The number of aromatic amines is 1. The summed E-state index contributed by atoms with van der Waals surface area (Å²) in [5.74, 6) is 1.66. The van der Waals surface area contributed by atoms with E-state index in [0.717, 1.165) is 11.3 Å². The number of nitrogens with zero attached hydrogens (tertiary/aromatic N) is 2. The molecule has 0 aliphatic rings. The van der Waals surface area contributed by atoms with Crippen LogP contribution >= 0.6 is 0 Å². The van der Waals surface area contributed by atoms with Crippen LogP contribution in [0.3, 0.4) is 0 Å². The first-order valence-corrected chi connectivity index (χ1v) is 8.98. The highest BCUT2D eigenvalue weighted by molar-refractivity contribution is 5.94. The van der Waals surface area contributed by atoms with Gasteiger partial charge in [0.05, 0.1) is 32.7 Å². The van der Waals surface area contributed by atoms with Gasteiger partial charge in [0.1, 0.15) is 22.9 Å². The number of rotatable bonds is 8. The Labute approximate surface area is 168 Å². The Balaban J connectivity index is 1.68. The number of hydrogen-bond acceptors (Lipinski definition) is 6. The quantitative estimate of drug-likeness (QED) is 0.451. The van der Waals surface area contributed by atoms with Gasteiger partial charge in [-0.3, -0.25) is 9.89 Å². The van der Waals surface area contributed by atoms with E-state index in [1.54, 1.807) is 44.7 Å². The van der Waals surface area contributed by atoms with E-state index in [9.17, 15) is 4.79 Å². The summed E-state index contributed by atoms with van der Waals surface area (Å²) in [7, 11) is 3.15. The van der Waals surface area contributed by atoms with Gasteiger partial charge in [0.2, 0.25) is 0 Å². The number of carbonyl (C=O) groups is 1. The predicted octanol–water partition coefficient (Wildman–Crippen LogP) is 3.26. The average Bonchev–Trinajstić information content (AvgIpc) is 3.25. The molecule has 0 aliphatic carbocycles. The maximum absolute atomic E-state index is 12.3. The van der Waals surface area contributed by atoms with Gasteiger partial charge in [0.15, 0.2) is 0 Å². The van der Waals surface area contributed by atoms with Gasteiger partial charge in [-0.05, 0) is 61.0 Å². The number of aromatic nitrogens is 2. The van der Waals surface area contributed by atoms with E-state index >= 15 is 0 Å². The van der Waals surface area contributed by atoms with Crippen LogP contribution in [0, 0.1) is 0 Å². The van der Waals surface area contributed by atoms with Crippen LogP contribution in [0.2, 0.25) is 0 Å². The second-order valence-corrected chi connectivity index (χ2v) is 5.93. The van der Waals surface area contributed by atoms with E-state index in [-0.39, 0.29) is 5.69 Å². The van der Waals surface area contributed by atoms with Gasteiger partial charge in [-0.15, -0.1) is 0 Å². The normalized spacial score (nSPS) is 10.7. The standard InChI is InChI=1S/C21H22N4O4/c1-4-29-15-7-5-14(6-8-15)13-22-25-21(26)19-12-18(23-24-19)17-11-16(27-2)9-10-20(17)28-3/h5-13H,4H2,1-3H3,(H,23,24)(H,25,26). The van der Waals surface area contributed by atoms with Crippen molar-refractivity contribution in [3.05, 3.63) is 59.8 Å². The molecule has 0 bridgehead atoms.